The van der Waals surface area contributed by atoms with Crippen LogP contribution in [0.4, 0.5) is 4.79 Å². The van der Waals surface area contributed by atoms with E-state index in [1.807, 2.05) is 39.0 Å². The van der Waals surface area contributed by atoms with E-state index in [2.05, 4.69) is 16.7 Å². The molecule has 2 rings (SSSR count). The van der Waals surface area contributed by atoms with Gasteiger partial charge in [-0.1, -0.05) is 24.3 Å². The lowest BCUT2D eigenvalue weighted by molar-refractivity contribution is -0.125. The number of ether oxygens (including phenoxy) is 2. The fourth-order valence-corrected chi connectivity index (χ4v) is 2.97. The van der Waals surface area contributed by atoms with Gasteiger partial charge in [-0.25, -0.2) is 4.79 Å². The van der Waals surface area contributed by atoms with Crippen molar-refractivity contribution in [2.45, 2.75) is 44.8 Å². The molecule has 6 heteroatoms. The summed E-state index contributed by atoms with van der Waals surface area (Å²) in [7, 11) is 1.49. The van der Waals surface area contributed by atoms with Crippen molar-refractivity contribution >= 4 is 12.0 Å². The SMILES string of the molecule is COCC(=O)N[C@H]1Cc2ccccc2C1CNC(=O)OC(C)(C)C. The first-order chi connectivity index (χ1) is 11.3. The first kappa shape index (κ1) is 18.3. The Balaban J connectivity index is 2.04. The molecule has 1 aliphatic rings. The Bertz CT molecular complexity index is 595. The van der Waals surface area contributed by atoms with E-state index in [9.17, 15) is 9.59 Å². The highest BCUT2D eigenvalue weighted by Crippen LogP contribution is 2.32. The van der Waals surface area contributed by atoms with Gasteiger partial charge in [0.2, 0.25) is 5.91 Å². The quantitative estimate of drug-likeness (QED) is 0.863. The minimum Gasteiger partial charge on any atom is -0.444 e. The van der Waals surface area contributed by atoms with Gasteiger partial charge in [0.05, 0.1) is 0 Å². The molecule has 1 aromatic carbocycles. The minimum absolute atomic E-state index is 0.00882. The fourth-order valence-electron chi connectivity index (χ4n) is 2.97. The van der Waals surface area contributed by atoms with Crippen LogP contribution in [0.15, 0.2) is 24.3 Å². The Kier molecular flexibility index (Phi) is 5.83. The maximum absolute atomic E-state index is 11.9. The predicted molar refractivity (Wildman–Crippen MR) is 90.9 cm³/mol. The van der Waals surface area contributed by atoms with Crippen LogP contribution < -0.4 is 10.6 Å². The minimum atomic E-state index is -0.538. The Hall–Kier alpha value is -2.08. The molecule has 2 atom stereocenters. The van der Waals surface area contributed by atoms with E-state index in [0.29, 0.717) is 6.54 Å². The third-order valence-corrected chi connectivity index (χ3v) is 3.87. The molecule has 2 amide bonds. The summed E-state index contributed by atoms with van der Waals surface area (Å²) >= 11 is 0. The van der Waals surface area contributed by atoms with Crippen molar-refractivity contribution in [2.24, 2.45) is 0 Å². The smallest absolute Gasteiger partial charge is 0.407 e. The van der Waals surface area contributed by atoms with E-state index >= 15 is 0 Å². The Labute approximate surface area is 142 Å². The molecule has 0 aliphatic heterocycles. The van der Waals surface area contributed by atoms with Crippen molar-refractivity contribution in [3.8, 4) is 0 Å². The van der Waals surface area contributed by atoms with Crippen LogP contribution >= 0.6 is 0 Å². The number of hydrogen-bond donors (Lipinski definition) is 2. The first-order valence-electron chi connectivity index (χ1n) is 8.13. The molecule has 0 radical (unpaired) electrons. The molecule has 0 fully saturated rings. The summed E-state index contributed by atoms with van der Waals surface area (Å²) in [6.45, 7) is 5.91. The van der Waals surface area contributed by atoms with Crippen LogP contribution in [0, 0.1) is 0 Å². The Morgan fingerprint density at radius 2 is 1.96 bits per heavy atom. The molecule has 24 heavy (non-hydrogen) atoms. The van der Waals surface area contributed by atoms with Crippen molar-refractivity contribution in [2.75, 3.05) is 20.3 Å². The average molecular weight is 334 g/mol. The highest BCUT2D eigenvalue weighted by Gasteiger charge is 2.33. The molecule has 0 spiro atoms. The standard InChI is InChI=1S/C18H26N2O4/c1-18(2,3)24-17(22)19-10-14-13-8-6-5-7-12(13)9-15(14)20-16(21)11-23-4/h5-8,14-15H,9-11H2,1-4H3,(H,19,22)(H,20,21)/t14?,15-/m0/s1. The first-order valence-corrected chi connectivity index (χ1v) is 8.13. The molecule has 1 aromatic rings. The summed E-state index contributed by atoms with van der Waals surface area (Å²) in [5.41, 5.74) is 1.80. The molecule has 0 bridgehead atoms. The van der Waals surface area contributed by atoms with Gasteiger partial charge in [0.15, 0.2) is 0 Å². The van der Waals surface area contributed by atoms with Crippen LogP contribution in [0.3, 0.4) is 0 Å². The summed E-state index contributed by atoms with van der Waals surface area (Å²) in [4.78, 5) is 23.8. The van der Waals surface area contributed by atoms with E-state index in [1.165, 1.54) is 12.7 Å². The van der Waals surface area contributed by atoms with Gasteiger partial charge in [-0.05, 0) is 38.3 Å². The lowest BCUT2D eigenvalue weighted by Gasteiger charge is -2.24. The third-order valence-electron chi connectivity index (χ3n) is 3.87. The molecule has 0 saturated heterocycles. The van der Waals surface area contributed by atoms with Gasteiger partial charge in [0.1, 0.15) is 12.2 Å². The van der Waals surface area contributed by atoms with Gasteiger partial charge in [-0.3, -0.25) is 4.79 Å². The van der Waals surface area contributed by atoms with Crippen LogP contribution in [0.25, 0.3) is 0 Å². The zero-order valence-corrected chi connectivity index (χ0v) is 14.7. The molecule has 6 nitrogen and oxygen atoms in total. The molecule has 132 valence electrons. The number of benzene rings is 1. The molecule has 1 unspecified atom stereocenters. The van der Waals surface area contributed by atoms with Crippen LogP contribution in [0.5, 0.6) is 0 Å². The molecule has 0 aromatic heterocycles. The van der Waals surface area contributed by atoms with Crippen LogP contribution in [-0.2, 0) is 20.7 Å². The number of rotatable bonds is 5. The van der Waals surface area contributed by atoms with Crippen LogP contribution in [-0.4, -0.2) is 43.9 Å². The van der Waals surface area contributed by atoms with Crippen LogP contribution in [0.1, 0.15) is 37.8 Å². The van der Waals surface area contributed by atoms with Crippen molar-refractivity contribution in [1.29, 1.82) is 0 Å². The van der Waals surface area contributed by atoms with Gasteiger partial charge >= 0.3 is 6.09 Å². The second-order valence-electron chi connectivity index (χ2n) is 7.00. The van der Waals surface area contributed by atoms with E-state index in [-0.39, 0.29) is 24.5 Å². The van der Waals surface area contributed by atoms with E-state index in [1.54, 1.807) is 0 Å². The van der Waals surface area contributed by atoms with E-state index in [4.69, 9.17) is 9.47 Å². The van der Waals surface area contributed by atoms with Crippen molar-refractivity contribution in [3.05, 3.63) is 35.4 Å². The number of nitrogens with one attached hydrogen (secondary N) is 2. The lowest BCUT2D eigenvalue weighted by Crippen LogP contribution is -2.43. The summed E-state index contributed by atoms with van der Waals surface area (Å²) in [5.74, 6) is -0.146. The van der Waals surface area contributed by atoms with Gasteiger partial charge in [0.25, 0.3) is 0 Å². The van der Waals surface area contributed by atoms with Crippen molar-refractivity contribution in [1.82, 2.24) is 10.6 Å². The predicted octanol–water partition coefficient (Wildman–Crippen LogP) is 1.98. The van der Waals surface area contributed by atoms with Crippen molar-refractivity contribution in [3.63, 3.8) is 0 Å². The maximum atomic E-state index is 11.9. The Morgan fingerprint density at radius 1 is 1.25 bits per heavy atom. The van der Waals surface area contributed by atoms with Crippen molar-refractivity contribution < 1.29 is 19.1 Å². The van der Waals surface area contributed by atoms with Gasteiger partial charge in [-0.2, -0.15) is 0 Å². The molecule has 1 aliphatic carbocycles. The summed E-state index contributed by atoms with van der Waals surface area (Å²) in [5, 5.41) is 5.81. The Morgan fingerprint density at radius 3 is 2.62 bits per heavy atom. The topological polar surface area (TPSA) is 76.7 Å². The normalized spacial score (nSPS) is 19.5. The highest BCUT2D eigenvalue weighted by molar-refractivity contribution is 5.78. The second-order valence-corrected chi connectivity index (χ2v) is 7.00. The number of methoxy groups -OCH3 is 1. The molecule has 2 N–H and O–H groups in total. The van der Waals surface area contributed by atoms with E-state index < -0.39 is 11.7 Å². The number of amides is 2. The number of alkyl carbamates (subject to hydrolysis) is 1. The maximum Gasteiger partial charge on any atom is 0.407 e. The second kappa shape index (κ2) is 7.66. The molecule has 0 heterocycles. The number of hydrogen-bond acceptors (Lipinski definition) is 4. The summed E-state index contributed by atoms with van der Waals surface area (Å²) in [6.07, 6.45) is 0.292. The van der Waals surface area contributed by atoms with Crippen LogP contribution in [0.2, 0.25) is 0 Å². The zero-order chi connectivity index (χ0) is 17.7. The molecule has 0 saturated carbocycles. The largest absolute Gasteiger partial charge is 0.444 e. The molecular formula is C18H26N2O4. The number of fused-ring (bicyclic) bond motifs is 1. The molecular weight excluding hydrogens is 308 g/mol. The van der Waals surface area contributed by atoms with Gasteiger partial charge in [0, 0.05) is 25.6 Å². The highest BCUT2D eigenvalue weighted by atomic mass is 16.6. The monoisotopic (exact) mass is 334 g/mol. The summed E-state index contributed by atoms with van der Waals surface area (Å²) in [6, 6.07) is 7.98. The average Bonchev–Trinajstić information content (AvgIpc) is 2.80. The van der Waals surface area contributed by atoms with E-state index in [0.717, 1.165) is 12.0 Å². The summed E-state index contributed by atoms with van der Waals surface area (Å²) < 4.78 is 10.2. The lowest BCUT2D eigenvalue weighted by atomic mass is 9.98. The van der Waals surface area contributed by atoms with Gasteiger partial charge < -0.3 is 20.1 Å². The number of carbonyl (C=O) groups is 2. The van der Waals surface area contributed by atoms with Gasteiger partial charge in [-0.15, -0.1) is 0 Å². The zero-order valence-electron chi connectivity index (χ0n) is 14.7. The number of carbonyl (C=O) groups excluding carboxylic acids is 2. The fraction of sp³-hybridized carbons (Fsp3) is 0.556. The third kappa shape index (κ3) is 4.96.